The number of nitrogens with two attached hydrogens (primary N) is 1. The number of nitrogens with one attached hydrogen (secondary N) is 2. The predicted octanol–water partition coefficient (Wildman–Crippen LogP) is -2.65. The fourth-order valence-corrected chi connectivity index (χ4v) is 1.20. The van der Waals surface area contributed by atoms with E-state index in [1.165, 1.54) is 18.3 Å². The quantitative estimate of drug-likeness (QED) is 0.221. The molecule has 0 aromatic carbocycles. The standard InChI is InChI=1S/C8H13N3O5/c9-7(8(13,14)15)6(11-16)4-1-2-5(12)10-3-4/h1-3,6-7,11,13-16H,9H2,(H,10,12). The van der Waals surface area contributed by atoms with Crippen molar-refractivity contribution in [2.45, 2.75) is 18.1 Å². The number of hydroxylamine groups is 1. The minimum Gasteiger partial charge on any atom is -0.342 e. The fourth-order valence-electron chi connectivity index (χ4n) is 1.20. The first kappa shape index (κ1) is 12.8. The van der Waals surface area contributed by atoms with Crippen LogP contribution in [0.4, 0.5) is 0 Å². The Bertz CT molecular complexity index is 379. The van der Waals surface area contributed by atoms with E-state index in [0.29, 0.717) is 0 Å². The summed E-state index contributed by atoms with van der Waals surface area (Å²) in [6.45, 7) is 0. The maximum atomic E-state index is 10.8. The van der Waals surface area contributed by atoms with Crippen molar-refractivity contribution in [1.29, 1.82) is 0 Å². The lowest BCUT2D eigenvalue weighted by Gasteiger charge is -2.28. The van der Waals surface area contributed by atoms with Crippen molar-refractivity contribution in [2.75, 3.05) is 0 Å². The van der Waals surface area contributed by atoms with E-state index in [0.717, 1.165) is 0 Å². The van der Waals surface area contributed by atoms with Gasteiger partial charge in [-0.25, -0.2) is 0 Å². The predicted molar refractivity (Wildman–Crippen MR) is 52.1 cm³/mol. The molecular formula is C8H13N3O5. The van der Waals surface area contributed by atoms with Crippen LogP contribution in [0.2, 0.25) is 0 Å². The minimum atomic E-state index is -3.16. The Morgan fingerprint density at radius 1 is 1.38 bits per heavy atom. The zero-order valence-electron chi connectivity index (χ0n) is 8.16. The van der Waals surface area contributed by atoms with Crippen LogP contribution >= 0.6 is 0 Å². The van der Waals surface area contributed by atoms with Crippen molar-refractivity contribution in [3.63, 3.8) is 0 Å². The summed E-state index contributed by atoms with van der Waals surface area (Å²) in [5.41, 5.74) is 6.94. The monoisotopic (exact) mass is 231 g/mol. The molecule has 16 heavy (non-hydrogen) atoms. The molecule has 1 rings (SSSR count). The molecule has 0 aliphatic heterocycles. The molecule has 0 saturated carbocycles. The molecule has 0 bridgehead atoms. The molecule has 90 valence electrons. The van der Waals surface area contributed by atoms with Gasteiger partial charge in [0.2, 0.25) is 5.56 Å². The summed E-state index contributed by atoms with van der Waals surface area (Å²) in [5.74, 6) is -3.16. The fraction of sp³-hybridized carbons (Fsp3) is 0.375. The van der Waals surface area contributed by atoms with Gasteiger partial charge in [0.05, 0.1) is 6.04 Å². The Balaban J connectivity index is 2.99. The molecule has 8 nitrogen and oxygen atoms in total. The molecule has 0 aliphatic carbocycles. The Hall–Kier alpha value is -1.29. The second-order valence-electron chi connectivity index (χ2n) is 3.31. The summed E-state index contributed by atoms with van der Waals surface area (Å²) in [6.07, 6.45) is 1.22. The third-order valence-corrected chi connectivity index (χ3v) is 2.11. The smallest absolute Gasteiger partial charge is 0.293 e. The molecule has 0 spiro atoms. The molecule has 0 aliphatic rings. The van der Waals surface area contributed by atoms with Gasteiger partial charge in [0, 0.05) is 12.3 Å². The average Bonchev–Trinajstić information content (AvgIpc) is 2.20. The topological polar surface area (TPSA) is 152 Å². The highest BCUT2D eigenvalue weighted by molar-refractivity contribution is 5.16. The van der Waals surface area contributed by atoms with E-state index >= 15 is 0 Å². The first-order chi connectivity index (χ1) is 7.36. The maximum Gasteiger partial charge on any atom is 0.293 e. The first-order valence-corrected chi connectivity index (χ1v) is 4.37. The molecule has 0 amide bonds. The van der Waals surface area contributed by atoms with Gasteiger partial charge in [-0.15, -0.1) is 0 Å². The molecule has 0 saturated heterocycles. The van der Waals surface area contributed by atoms with E-state index in [1.54, 1.807) is 5.48 Å². The van der Waals surface area contributed by atoms with Gasteiger partial charge in [0.1, 0.15) is 6.04 Å². The van der Waals surface area contributed by atoms with E-state index in [4.69, 9.17) is 26.3 Å². The molecular weight excluding hydrogens is 218 g/mol. The summed E-state index contributed by atoms with van der Waals surface area (Å²) < 4.78 is 0. The van der Waals surface area contributed by atoms with Gasteiger partial charge < -0.3 is 31.2 Å². The summed E-state index contributed by atoms with van der Waals surface area (Å²) >= 11 is 0. The van der Waals surface area contributed by atoms with Crippen molar-refractivity contribution in [2.24, 2.45) is 5.73 Å². The molecule has 8 N–H and O–H groups in total. The number of pyridine rings is 1. The van der Waals surface area contributed by atoms with Crippen LogP contribution in [0, 0.1) is 0 Å². The van der Waals surface area contributed by atoms with Crippen LogP contribution in [0.1, 0.15) is 11.6 Å². The normalized spacial score (nSPS) is 15.8. The lowest BCUT2D eigenvalue weighted by atomic mass is 10.0. The van der Waals surface area contributed by atoms with Crippen molar-refractivity contribution in [1.82, 2.24) is 10.5 Å². The Morgan fingerprint density at radius 3 is 2.38 bits per heavy atom. The van der Waals surface area contributed by atoms with Crippen LogP contribution in [0.3, 0.4) is 0 Å². The van der Waals surface area contributed by atoms with Gasteiger partial charge >= 0.3 is 0 Å². The van der Waals surface area contributed by atoms with Crippen LogP contribution < -0.4 is 16.8 Å². The minimum absolute atomic E-state index is 0.274. The molecule has 2 unspecified atom stereocenters. The summed E-state index contributed by atoms with van der Waals surface area (Å²) in [5, 5.41) is 35.4. The van der Waals surface area contributed by atoms with Crippen molar-refractivity contribution in [3.05, 3.63) is 34.2 Å². The summed E-state index contributed by atoms with van der Waals surface area (Å²) in [4.78, 5) is 13.1. The van der Waals surface area contributed by atoms with Crippen LogP contribution in [-0.4, -0.2) is 37.5 Å². The third-order valence-electron chi connectivity index (χ3n) is 2.11. The molecule has 1 aromatic heterocycles. The highest BCUT2D eigenvalue weighted by Gasteiger charge is 2.36. The second kappa shape index (κ2) is 4.70. The zero-order chi connectivity index (χ0) is 12.3. The zero-order valence-corrected chi connectivity index (χ0v) is 8.16. The van der Waals surface area contributed by atoms with Crippen molar-refractivity contribution in [3.8, 4) is 0 Å². The Morgan fingerprint density at radius 2 is 2.00 bits per heavy atom. The van der Waals surface area contributed by atoms with E-state index in [2.05, 4.69) is 4.98 Å². The summed E-state index contributed by atoms with van der Waals surface area (Å²) in [7, 11) is 0. The number of aliphatic hydroxyl groups is 3. The van der Waals surface area contributed by atoms with E-state index < -0.39 is 18.1 Å². The third kappa shape index (κ3) is 2.85. The Labute approximate surface area is 89.9 Å². The number of aromatic amines is 1. The molecule has 1 aromatic rings. The highest BCUT2D eigenvalue weighted by Crippen LogP contribution is 2.18. The largest absolute Gasteiger partial charge is 0.342 e. The summed E-state index contributed by atoms with van der Waals surface area (Å²) in [6, 6.07) is -0.279. The highest BCUT2D eigenvalue weighted by atomic mass is 16.7. The van der Waals surface area contributed by atoms with Crippen LogP contribution in [0.25, 0.3) is 0 Å². The van der Waals surface area contributed by atoms with E-state index in [-0.39, 0.29) is 11.1 Å². The number of aromatic nitrogens is 1. The SMILES string of the molecule is NC(C(NO)c1ccc(=O)[nH]c1)C(O)(O)O. The lowest BCUT2D eigenvalue weighted by molar-refractivity contribution is -0.328. The van der Waals surface area contributed by atoms with Gasteiger partial charge in [-0.3, -0.25) is 4.79 Å². The van der Waals surface area contributed by atoms with Crippen LogP contribution in [-0.2, 0) is 0 Å². The number of hydrogen-bond donors (Lipinski definition) is 7. The van der Waals surface area contributed by atoms with Gasteiger partial charge in [-0.1, -0.05) is 6.07 Å². The maximum absolute atomic E-state index is 10.8. The number of H-pyrrole nitrogens is 1. The van der Waals surface area contributed by atoms with Crippen LogP contribution in [0.15, 0.2) is 23.1 Å². The van der Waals surface area contributed by atoms with E-state index in [9.17, 15) is 4.79 Å². The van der Waals surface area contributed by atoms with Gasteiger partial charge in [-0.05, 0) is 5.56 Å². The Kier molecular flexibility index (Phi) is 3.75. The lowest BCUT2D eigenvalue weighted by Crippen LogP contribution is -2.54. The molecule has 0 radical (unpaired) electrons. The second-order valence-corrected chi connectivity index (χ2v) is 3.31. The average molecular weight is 231 g/mol. The van der Waals surface area contributed by atoms with Gasteiger partial charge in [0.15, 0.2) is 0 Å². The molecule has 8 heteroatoms. The van der Waals surface area contributed by atoms with E-state index in [1.807, 2.05) is 0 Å². The molecule has 2 atom stereocenters. The molecule has 1 heterocycles. The van der Waals surface area contributed by atoms with Gasteiger partial charge in [-0.2, -0.15) is 5.48 Å². The first-order valence-electron chi connectivity index (χ1n) is 4.37. The van der Waals surface area contributed by atoms with Gasteiger partial charge in [0.25, 0.3) is 5.97 Å². The molecule has 0 fully saturated rings. The number of rotatable bonds is 4. The van der Waals surface area contributed by atoms with Crippen molar-refractivity contribution >= 4 is 0 Å². The van der Waals surface area contributed by atoms with Crippen molar-refractivity contribution < 1.29 is 20.5 Å². The van der Waals surface area contributed by atoms with Crippen LogP contribution in [0.5, 0.6) is 0 Å². The number of hydrogen-bond acceptors (Lipinski definition) is 7.